The van der Waals surface area contributed by atoms with E-state index in [1.54, 1.807) is 4.90 Å². The van der Waals surface area contributed by atoms with Gasteiger partial charge in [-0.2, -0.15) is 0 Å². The maximum absolute atomic E-state index is 11.4. The summed E-state index contributed by atoms with van der Waals surface area (Å²) >= 11 is 3.34. The van der Waals surface area contributed by atoms with Gasteiger partial charge in [0.15, 0.2) is 0 Å². The highest BCUT2D eigenvalue weighted by atomic mass is 127. The van der Waals surface area contributed by atoms with Gasteiger partial charge in [0.2, 0.25) is 0 Å². The van der Waals surface area contributed by atoms with Gasteiger partial charge in [0.05, 0.1) is 6.10 Å². The summed E-state index contributed by atoms with van der Waals surface area (Å²) in [4.78, 5) is 13.0. The summed E-state index contributed by atoms with van der Waals surface area (Å²) in [7, 11) is 1.96. The Morgan fingerprint density at radius 1 is 1.64 bits per heavy atom. The Morgan fingerprint density at radius 2 is 2.21 bits per heavy atom. The molecule has 14 heavy (non-hydrogen) atoms. The average Bonchev–Trinajstić information content (AvgIpc) is 2.15. The SMILES string of the molecule is BB(I)SOC(=O)N1CCC(O)CC1. The lowest BCUT2D eigenvalue weighted by molar-refractivity contribution is 0.0824. The van der Waals surface area contributed by atoms with E-state index in [1.165, 1.54) is 11.9 Å². The summed E-state index contributed by atoms with van der Waals surface area (Å²) in [5.74, 6) is 0. The fraction of sp³-hybridized carbons (Fsp3) is 0.833. The van der Waals surface area contributed by atoms with Crippen molar-refractivity contribution >= 4 is 51.8 Å². The minimum Gasteiger partial charge on any atom is -0.393 e. The number of aliphatic hydroxyl groups excluding tert-OH is 1. The topological polar surface area (TPSA) is 49.8 Å². The number of piperidine rings is 1. The van der Waals surface area contributed by atoms with Crippen molar-refractivity contribution in [1.29, 1.82) is 0 Å². The molecule has 1 fully saturated rings. The summed E-state index contributed by atoms with van der Waals surface area (Å²) in [5.41, 5.74) is 0. The molecule has 0 aromatic carbocycles. The van der Waals surface area contributed by atoms with E-state index in [-0.39, 0.29) is 15.9 Å². The average molecular weight is 327 g/mol. The van der Waals surface area contributed by atoms with Gasteiger partial charge in [-0.05, 0) is 12.8 Å². The molecule has 8 heteroatoms. The molecule has 0 spiro atoms. The maximum Gasteiger partial charge on any atom is 0.421 e. The van der Waals surface area contributed by atoms with E-state index in [9.17, 15) is 9.90 Å². The molecule has 0 aliphatic carbocycles. The van der Waals surface area contributed by atoms with Crippen LogP contribution in [0.15, 0.2) is 0 Å². The van der Waals surface area contributed by atoms with Crippen molar-refractivity contribution in [3.8, 4) is 0 Å². The number of amides is 1. The fourth-order valence-electron chi connectivity index (χ4n) is 1.21. The van der Waals surface area contributed by atoms with Gasteiger partial charge in [-0.1, -0.05) is 0 Å². The number of nitrogens with zero attached hydrogens (tertiary/aromatic N) is 1. The Balaban J connectivity index is 2.24. The zero-order valence-electron chi connectivity index (χ0n) is 7.98. The van der Waals surface area contributed by atoms with E-state index < -0.39 is 0 Å². The van der Waals surface area contributed by atoms with Crippen LogP contribution in [0.1, 0.15) is 12.8 Å². The third-order valence-electron chi connectivity index (χ3n) is 1.97. The largest absolute Gasteiger partial charge is 0.421 e. The first-order valence-corrected chi connectivity index (χ1v) is 6.59. The molecule has 1 rings (SSSR count). The van der Waals surface area contributed by atoms with Crippen LogP contribution >= 0.6 is 34.3 Å². The second-order valence-electron chi connectivity index (χ2n) is 3.21. The number of halogens is 1. The van der Waals surface area contributed by atoms with Gasteiger partial charge in [-0.3, -0.25) is 0 Å². The number of rotatable bonds is 2. The molecular weight excluding hydrogens is 315 g/mol. The van der Waals surface area contributed by atoms with Crippen molar-refractivity contribution in [1.82, 2.24) is 4.90 Å². The summed E-state index contributed by atoms with van der Waals surface area (Å²) in [6.07, 6.45) is 0.764. The highest BCUT2D eigenvalue weighted by Crippen LogP contribution is 2.16. The van der Waals surface area contributed by atoms with E-state index in [2.05, 4.69) is 22.4 Å². The van der Waals surface area contributed by atoms with Crippen molar-refractivity contribution in [3.63, 3.8) is 0 Å². The molecule has 0 atom stereocenters. The predicted octanol–water partition coefficient (Wildman–Crippen LogP) is 0.281. The summed E-state index contributed by atoms with van der Waals surface area (Å²) in [6, 6.07) is 0. The van der Waals surface area contributed by atoms with Crippen LogP contribution in [-0.2, 0) is 4.18 Å². The van der Waals surface area contributed by atoms with Gasteiger partial charge in [0, 0.05) is 25.0 Å². The molecule has 0 bridgehead atoms. The van der Waals surface area contributed by atoms with Crippen molar-refractivity contribution in [2.75, 3.05) is 13.1 Å². The highest BCUT2D eigenvalue weighted by Gasteiger charge is 2.23. The number of carbonyl (C=O) groups is 1. The minimum absolute atomic E-state index is 0.254. The second kappa shape index (κ2) is 6.12. The van der Waals surface area contributed by atoms with Crippen molar-refractivity contribution < 1.29 is 14.1 Å². The van der Waals surface area contributed by atoms with E-state index in [4.69, 9.17) is 4.18 Å². The molecule has 1 N–H and O–H groups in total. The Morgan fingerprint density at radius 3 is 2.71 bits per heavy atom. The quantitative estimate of drug-likeness (QED) is 0.450. The van der Waals surface area contributed by atoms with Gasteiger partial charge < -0.3 is 14.2 Å². The van der Waals surface area contributed by atoms with Crippen LogP contribution < -0.4 is 0 Å². The van der Waals surface area contributed by atoms with Crippen LogP contribution in [0.5, 0.6) is 0 Å². The molecule has 1 amide bonds. The zero-order chi connectivity index (χ0) is 10.6. The van der Waals surface area contributed by atoms with Gasteiger partial charge in [-0.15, -0.1) is 22.4 Å². The normalized spacial score (nSPS) is 18.0. The zero-order valence-corrected chi connectivity index (χ0v) is 11.0. The first-order chi connectivity index (χ1) is 6.59. The smallest absolute Gasteiger partial charge is 0.393 e. The third-order valence-corrected chi connectivity index (χ3v) is 3.10. The third kappa shape index (κ3) is 4.31. The number of carbonyl (C=O) groups excluding carboxylic acids is 1. The molecule has 0 unspecified atom stereocenters. The standard InChI is InChI=1S/C6H12B2INO3S/c7-8(9)14-13-6(12)10-3-1-5(11)2-4-10/h5,11H,1-4,7H2. The molecule has 0 aromatic heterocycles. The Hall–Kier alpha value is 0.440. The summed E-state index contributed by atoms with van der Waals surface area (Å²) < 4.78 is 5.25. The molecule has 1 saturated heterocycles. The lowest BCUT2D eigenvalue weighted by Gasteiger charge is -2.28. The molecule has 0 saturated carbocycles. The van der Waals surface area contributed by atoms with E-state index >= 15 is 0 Å². The van der Waals surface area contributed by atoms with Crippen LogP contribution in [0.25, 0.3) is 0 Å². The predicted molar refractivity (Wildman–Crippen MR) is 69.2 cm³/mol. The molecular formula is C6H12B2INO3S. The Labute approximate surface area is 103 Å². The molecule has 0 aromatic rings. The fourth-order valence-corrected chi connectivity index (χ4v) is 1.84. The first-order valence-electron chi connectivity index (χ1n) is 4.54. The van der Waals surface area contributed by atoms with Gasteiger partial charge in [0.1, 0.15) is 7.74 Å². The highest BCUT2D eigenvalue weighted by molar-refractivity contribution is 14.1. The molecule has 4 nitrogen and oxygen atoms in total. The molecule has 1 aliphatic heterocycles. The molecule has 1 aliphatic rings. The first kappa shape index (κ1) is 12.5. The summed E-state index contributed by atoms with van der Waals surface area (Å²) in [6.45, 7) is 1.19. The minimum atomic E-state index is -0.287. The number of likely N-dealkylation sites (tertiary alicyclic amines) is 1. The van der Waals surface area contributed by atoms with E-state index in [0.29, 0.717) is 25.9 Å². The van der Waals surface area contributed by atoms with Gasteiger partial charge >= 0.3 is 6.09 Å². The van der Waals surface area contributed by atoms with Crippen molar-refractivity contribution in [2.24, 2.45) is 0 Å². The van der Waals surface area contributed by atoms with Gasteiger partial charge in [0.25, 0.3) is 3.74 Å². The molecule has 0 radical (unpaired) electrons. The number of hydrogen-bond donors (Lipinski definition) is 1. The maximum atomic E-state index is 11.4. The van der Waals surface area contributed by atoms with Crippen molar-refractivity contribution in [3.05, 3.63) is 0 Å². The van der Waals surface area contributed by atoms with Crippen LogP contribution in [0.4, 0.5) is 4.79 Å². The van der Waals surface area contributed by atoms with Crippen LogP contribution in [0.3, 0.4) is 0 Å². The Bertz CT molecular complexity index is 202. The van der Waals surface area contributed by atoms with Crippen LogP contribution in [-0.4, -0.2) is 46.8 Å². The van der Waals surface area contributed by atoms with Crippen LogP contribution in [0, 0.1) is 0 Å². The van der Waals surface area contributed by atoms with E-state index in [1.807, 2.05) is 7.74 Å². The molecule has 1 heterocycles. The van der Waals surface area contributed by atoms with Crippen molar-refractivity contribution in [2.45, 2.75) is 18.9 Å². The van der Waals surface area contributed by atoms with Crippen LogP contribution in [0.2, 0.25) is 0 Å². The number of hydrogen-bond acceptors (Lipinski definition) is 4. The molecule has 78 valence electrons. The van der Waals surface area contributed by atoms with Gasteiger partial charge in [-0.25, -0.2) is 4.79 Å². The lowest BCUT2D eigenvalue weighted by atomic mass is 9.78. The lowest BCUT2D eigenvalue weighted by Crippen LogP contribution is -2.39. The monoisotopic (exact) mass is 327 g/mol. The van der Waals surface area contributed by atoms with E-state index in [0.717, 1.165) is 0 Å². The summed E-state index contributed by atoms with van der Waals surface area (Å²) in [5, 5.41) is 9.24. The Kier molecular flexibility index (Phi) is 5.47. The second-order valence-corrected chi connectivity index (χ2v) is 6.99. The number of aliphatic hydroxyl groups is 1.